The number of halogens is 4. The van der Waals surface area contributed by atoms with E-state index < -0.39 is 17.6 Å². The highest BCUT2D eigenvalue weighted by Crippen LogP contribution is 2.37. The molecule has 21 heavy (non-hydrogen) atoms. The Balaban J connectivity index is 2.07. The molecule has 1 heterocycles. The number of alkyl halides is 3. The Morgan fingerprint density at radius 3 is 2.57 bits per heavy atom. The van der Waals surface area contributed by atoms with E-state index in [0.717, 1.165) is 12.8 Å². The van der Waals surface area contributed by atoms with Crippen LogP contribution in [0.25, 0.3) is 0 Å². The third-order valence-electron chi connectivity index (χ3n) is 3.62. The maximum Gasteiger partial charge on any atom is 0.419 e. The highest BCUT2D eigenvalue weighted by Gasteiger charge is 2.37. The molecule has 0 aliphatic carbocycles. The lowest BCUT2D eigenvalue weighted by atomic mass is 10.0. The fourth-order valence-electron chi connectivity index (χ4n) is 2.36. The average molecular weight is 306 g/mol. The van der Waals surface area contributed by atoms with Gasteiger partial charge in [-0.1, -0.05) is 13.0 Å². The molecule has 1 aliphatic rings. The molecule has 1 aliphatic heterocycles. The van der Waals surface area contributed by atoms with Crippen LogP contribution in [0.5, 0.6) is 5.75 Å². The second-order valence-electron chi connectivity index (χ2n) is 5.52. The van der Waals surface area contributed by atoms with Crippen molar-refractivity contribution >= 4 is 0 Å². The van der Waals surface area contributed by atoms with Crippen molar-refractivity contribution in [2.45, 2.75) is 39.0 Å². The van der Waals surface area contributed by atoms with Gasteiger partial charge >= 0.3 is 6.18 Å². The van der Waals surface area contributed by atoms with Gasteiger partial charge in [0, 0.05) is 6.61 Å². The summed E-state index contributed by atoms with van der Waals surface area (Å²) in [6.07, 6.45) is -3.19. The zero-order chi connectivity index (χ0) is 15.6. The second kappa shape index (κ2) is 6.22. The number of ether oxygens (including phenoxy) is 2. The fraction of sp³-hybridized carbons (Fsp3) is 0.600. The van der Waals surface area contributed by atoms with Gasteiger partial charge in [-0.2, -0.15) is 13.2 Å². The van der Waals surface area contributed by atoms with Gasteiger partial charge in [0.15, 0.2) is 11.6 Å². The fourth-order valence-corrected chi connectivity index (χ4v) is 2.36. The average Bonchev–Trinajstić information content (AvgIpc) is 2.38. The van der Waals surface area contributed by atoms with Gasteiger partial charge in [0.1, 0.15) is 6.61 Å². The first-order valence-corrected chi connectivity index (χ1v) is 6.89. The second-order valence-corrected chi connectivity index (χ2v) is 5.52. The van der Waals surface area contributed by atoms with Crippen LogP contribution in [-0.4, -0.2) is 19.3 Å². The van der Waals surface area contributed by atoms with Crippen molar-refractivity contribution in [1.82, 2.24) is 0 Å². The molecule has 0 radical (unpaired) electrons. The molecule has 0 aromatic heterocycles. The SMILES string of the molecule is Cc1ccc(OC[C@@H]2CCC(C)CO2)c(F)c1C(F)(F)F. The molecule has 0 bridgehead atoms. The Morgan fingerprint density at radius 2 is 2.00 bits per heavy atom. The van der Waals surface area contributed by atoms with Gasteiger partial charge in [0.2, 0.25) is 0 Å². The molecule has 0 amide bonds. The number of aryl methyl sites for hydroxylation is 1. The highest BCUT2D eigenvalue weighted by atomic mass is 19.4. The summed E-state index contributed by atoms with van der Waals surface area (Å²) >= 11 is 0. The van der Waals surface area contributed by atoms with E-state index in [-0.39, 0.29) is 24.0 Å². The summed E-state index contributed by atoms with van der Waals surface area (Å²) in [6, 6.07) is 2.44. The number of hydrogen-bond acceptors (Lipinski definition) is 2. The topological polar surface area (TPSA) is 18.5 Å². The van der Waals surface area contributed by atoms with E-state index in [9.17, 15) is 17.6 Å². The van der Waals surface area contributed by atoms with E-state index in [4.69, 9.17) is 9.47 Å². The van der Waals surface area contributed by atoms with Gasteiger partial charge in [-0.3, -0.25) is 0 Å². The van der Waals surface area contributed by atoms with Crippen molar-refractivity contribution in [2.24, 2.45) is 5.92 Å². The molecule has 6 heteroatoms. The van der Waals surface area contributed by atoms with Crippen LogP contribution in [0.3, 0.4) is 0 Å². The van der Waals surface area contributed by atoms with Crippen LogP contribution in [0.2, 0.25) is 0 Å². The largest absolute Gasteiger partial charge is 0.488 e. The van der Waals surface area contributed by atoms with E-state index in [1.807, 2.05) is 0 Å². The lowest BCUT2D eigenvalue weighted by Crippen LogP contribution is -2.29. The molecule has 1 aromatic rings. The third-order valence-corrected chi connectivity index (χ3v) is 3.62. The molecule has 2 nitrogen and oxygen atoms in total. The minimum Gasteiger partial charge on any atom is -0.488 e. The molecule has 0 saturated carbocycles. The Hall–Kier alpha value is -1.30. The molecule has 118 valence electrons. The van der Waals surface area contributed by atoms with Gasteiger partial charge in [0.05, 0.1) is 11.7 Å². The molecule has 0 spiro atoms. The summed E-state index contributed by atoms with van der Waals surface area (Å²) in [5, 5.41) is 0. The molecule has 0 N–H and O–H groups in total. The molecular weight excluding hydrogens is 288 g/mol. The van der Waals surface area contributed by atoms with Crippen LogP contribution >= 0.6 is 0 Å². The number of hydrogen-bond donors (Lipinski definition) is 0. The standard InChI is InChI=1S/C15H18F4O2/c1-9-3-5-11(20-7-9)8-21-12-6-4-10(2)13(14(12)16)15(17,18)19/h4,6,9,11H,3,5,7-8H2,1-2H3/t9?,11-/m0/s1. The van der Waals surface area contributed by atoms with Crippen LogP contribution in [-0.2, 0) is 10.9 Å². The maximum atomic E-state index is 14.0. The summed E-state index contributed by atoms with van der Waals surface area (Å²) < 4.78 is 63.1. The van der Waals surface area contributed by atoms with Crippen LogP contribution in [0.15, 0.2) is 12.1 Å². The smallest absolute Gasteiger partial charge is 0.419 e. The molecule has 1 aromatic carbocycles. The molecular formula is C15H18F4O2. The van der Waals surface area contributed by atoms with Gasteiger partial charge in [0.25, 0.3) is 0 Å². The van der Waals surface area contributed by atoms with Crippen LogP contribution in [0.1, 0.15) is 30.9 Å². The lowest BCUT2D eigenvalue weighted by molar-refractivity contribution is -0.140. The van der Waals surface area contributed by atoms with Crippen LogP contribution in [0, 0.1) is 18.7 Å². The van der Waals surface area contributed by atoms with Gasteiger partial charge in [-0.15, -0.1) is 0 Å². The number of rotatable bonds is 3. The molecule has 1 unspecified atom stereocenters. The van der Waals surface area contributed by atoms with E-state index in [1.54, 1.807) is 0 Å². The first-order valence-electron chi connectivity index (χ1n) is 6.89. The van der Waals surface area contributed by atoms with Gasteiger partial charge in [-0.25, -0.2) is 4.39 Å². The van der Waals surface area contributed by atoms with E-state index in [1.165, 1.54) is 19.1 Å². The molecule has 2 atom stereocenters. The predicted molar refractivity (Wildman–Crippen MR) is 69.8 cm³/mol. The van der Waals surface area contributed by atoms with Crippen molar-refractivity contribution in [3.63, 3.8) is 0 Å². The molecule has 1 saturated heterocycles. The van der Waals surface area contributed by atoms with Crippen molar-refractivity contribution in [3.05, 3.63) is 29.1 Å². The number of benzene rings is 1. The third kappa shape index (κ3) is 3.87. The zero-order valence-electron chi connectivity index (χ0n) is 12.0. The van der Waals surface area contributed by atoms with Gasteiger partial charge in [-0.05, 0) is 37.3 Å². The van der Waals surface area contributed by atoms with Crippen molar-refractivity contribution < 1.29 is 27.0 Å². The Kier molecular flexibility index (Phi) is 4.76. The quantitative estimate of drug-likeness (QED) is 0.773. The van der Waals surface area contributed by atoms with Crippen molar-refractivity contribution in [2.75, 3.05) is 13.2 Å². The molecule has 2 rings (SSSR count). The van der Waals surface area contributed by atoms with Crippen molar-refractivity contribution in [3.8, 4) is 5.75 Å². The lowest BCUT2D eigenvalue weighted by Gasteiger charge is -2.27. The summed E-state index contributed by atoms with van der Waals surface area (Å²) in [5.74, 6) is -1.27. The van der Waals surface area contributed by atoms with E-state index >= 15 is 0 Å². The van der Waals surface area contributed by atoms with Crippen LogP contribution < -0.4 is 4.74 Å². The summed E-state index contributed by atoms with van der Waals surface area (Å²) in [6.45, 7) is 3.94. The van der Waals surface area contributed by atoms with Crippen LogP contribution in [0.4, 0.5) is 17.6 Å². The normalized spacial score (nSPS) is 23.1. The maximum absolute atomic E-state index is 14.0. The summed E-state index contributed by atoms with van der Waals surface area (Å²) in [4.78, 5) is 0. The van der Waals surface area contributed by atoms with Crippen molar-refractivity contribution in [1.29, 1.82) is 0 Å². The van der Waals surface area contributed by atoms with Gasteiger partial charge < -0.3 is 9.47 Å². The van der Waals surface area contributed by atoms with E-state index in [2.05, 4.69) is 6.92 Å². The summed E-state index contributed by atoms with van der Waals surface area (Å²) in [7, 11) is 0. The minimum atomic E-state index is -4.73. The molecule has 1 fully saturated rings. The van der Waals surface area contributed by atoms with E-state index in [0.29, 0.717) is 12.5 Å². The highest BCUT2D eigenvalue weighted by molar-refractivity contribution is 5.38. The Morgan fingerprint density at radius 1 is 1.29 bits per heavy atom. The first kappa shape index (κ1) is 16.1. The monoisotopic (exact) mass is 306 g/mol. The predicted octanol–water partition coefficient (Wildman–Crippen LogP) is 4.35. The first-order chi connectivity index (χ1) is 9.79. The minimum absolute atomic E-state index is 0.0595. The Labute approximate surface area is 121 Å². The summed E-state index contributed by atoms with van der Waals surface area (Å²) in [5.41, 5.74) is -1.42. The zero-order valence-corrected chi connectivity index (χ0v) is 12.0. The Bertz CT molecular complexity index is 491.